The standard InChI is InChI=1S/C26H29N3O3S/c1-20(21-10-4-2-5-11-21)27-22-15-17-23(18-16-22)28-26(30)25-14-8-9-19-29(25)33(31,32)24-12-6-3-7-13-24/h2-7,10-13,15-18,20,25,27H,8-9,14,19H2,1H3,(H,28,30). The molecule has 1 aliphatic heterocycles. The summed E-state index contributed by atoms with van der Waals surface area (Å²) >= 11 is 0. The monoisotopic (exact) mass is 463 g/mol. The molecule has 3 aromatic rings. The van der Waals surface area contributed by atoms with Gasteiger partial charge in [-0.05, 0) is 61.7 Å². The zero-order valence-corrected chi connectivity index (χ0v) is 19.5. The van der Waals surface area contributed by atoms with Gasteiger partial charge in [-0.15, -0.1) is 0 Å². The molecular weight excluding hydrogens is 434 g/mol. The van der Waals surface area contributed by atoms with Crippen molar-refractivity contribution in [2.75, 3.05) is 17.2 Å². The lowest BCUT2D eigenvalue weighted by molar-refractivity contribution is -0.120. The maximum atomic E-state index is 13.2. The van der Waals surface area contributed by atoms with Gasteiger partial charge in [0, 0.05) is 24.0 Å². The molecule has 1 fully saturated rings. The first kappa shape index (κ1) is 23.0. The third-order valence-corrected chi connectivity index (χ3v) is 7.86. The SMILES string of the molecule is CC(Nc1ccc(NC(=O)C2CCCCN2S(=O)(=O)c2ccccc2)cc1)c1ccccc1. The second-order valence-electron chi connectivity index (χ2n) is 8.28. The van der Waals surface area contributed by atoms with Gasteiger partial charge in [0.15, 0.2) is 0 Å². The lowest BCUT2D eigenvalue weighted by Gasteiger charge is -2.33. The van der Waals surface area contributed by atoms with Gasteiger partial charge in [0.05, 0.1) is 4.90 Å². The highest BCUT2D eigenvalue weighted by molar-refractivity contribution is 7.89. The topological polar surface area (TPSA) is 78.5 Å². The number of amides is 1. The average Bonchev–Trinajstić information content (AvgIpc) is 2.86. The third-order valence-electron chi connectivity index (χ3n) is 5.94. The number of nitrogens with one attached hydrogen (secondary N) is 2. The molecule has 2 unspecified atom stereocenters. The van der Waals surface area contributed by atoms with Crippen LogP contribution in [0, 0.1) is 0 Å². The van der Waals surface area contributed by atoms with Crippen LogP contribution in [0.4, 0.5) is 11.4 Å². The van der Waals surface area contributed by atoms with E-state index in [1.54, 1.807) is 30.3 Å². The van der Waals surface area contributed by atoms with E-state index in [1.165, 1.54) is 9.87 Å². The molecule has 1 heterocycles. The van der Waals surface area contributed by atoms with Crippen molar-refractivity contribution in [3.05, 3.63) is 90.5 Å². The van der Waals surface area contributed by atoms with Crippen LogP contribution >= 0.6 is 0 Å². The van der Waals surface area contributed by atoms with E-state index in [-0.39, 0.29) is 16.8 Å². The van der Waals surface area contributed by atoms with Crippen LogP contribution in [0.15, 0.2) is 89.8 Å². The van der Waals surface area contributed by atoms with Gasteiger partial charge in [0.25, 0.3) is 0 Å². The van der Waals surface area contributed by atoms with Gasteiger partial charge in [-0.2, -0.15) is 4.31 Å². The van der Waals surface area contributed by atoms with Gasteiger partial charge in [-0.3, -0.25) is 4.79 Å². The van der Waals surface area contributed by atoms with Crippen LogP contribution in [0.2, 0.25) is 0 Å². The summed E-state index contributed by atoms with van der Waals surface area (Å²) in [5, 5.41) is 6.35. The molecule has 4 rings (SSSR count). The molecule has 2 N–H and O–H groups in total. The summed E-state index contributed by atoms with van der Waals surface area (Å²) in [5.41, 5.74) is 2.77. The summed E-state index contributed by atoms with van der Waals surface area (Å²) in [6.07, 6.45) is 2.07. The molecule has 3 aromatic carbocycles. The molecule has 0 aliphatic carbocycles. The Kier molecular flexibility index (Phi) is 7.11. The smallest absolute Gasteiger partial charge is 0.243 e. The second kappa shape index (κ2) is 10.2. The van der Waals surface area contributed by atoms with Gasteiger partial charge >= 0.3 is 0 Å². The predicted molar refractivity (Wildman–Crippen MR) is 132 cm³/mol. The van der Waals surface area contributed by atoms with Crippen molar-refractivity contribution in [2.24, 2.45) is 0 Å². The van der Waals surface area contributed by atoms with Crippen molar-refractivity contribution in [3.8, 4) is 0 Å². The first-order valence-corrected chi connectivity index (χ1v) is 12.7. The molecule has 0 spiro atoms. The molecule has 1 amide bonds. The third kappa shape index (κ3) is 5.43. The Labute approximate surface area is 195 Å². The number of hydrogen-bond donors (Lipinski definition) is 2. The molecule has 0 aromatic heterocycles. The number of piperidine rings is 1. The Hall–Kier alpha value is -3.16. The van der Waals surface area contributed by atoms with Crippen LogP contribution < -0.4 is 10.6 Å². The lowest BCUT2D eigenvalue weighted by atomic mass is 10.0. The van der Waals surface area contributed by atoms with Crippen LogP contribution in [0.1, 0.15) is 37.8 Å². The summed E-state index contributed by atoms with van der Waals surface area (Å²) in [6.45, 7) is 2.44. The van der Waals surface area contributed by atoms with Crippen molar-refractivity contribution in [2.45, 2.75) is 43.2 Å². The maximum absolute atomic E-state index is 13.2. The van der Waals surface area contributed by atoms with Gasteiger partial charge in [-0.1, -0.05) is 55.0 Å². The molecule has 0 saturated carbocycles. The molecule has 7 heteroatoms. The van der Waals surface area contributed by atoms with E-state index in [1.807, 2.05) is 42.5 Å². The maximum Gasteiger partial charge on any atom is 0.243 e. The summed E-state index contributed by atoms with van der Waals surface area (Å²) in [4.78, 5) is 13.3. The fourth-order valence-corrected chi connectivity index (χ4v) is 5.81. The fraction of sp³-hybridized carbons (Fsp3) is 0.269. The summed E-state index contributed by atoms with van der Waals surface area (Å²) in [5.74, 6) is -0.299. The Bertz CT molecular complexity index is 1170. The number of sulfonamides is 1. The molecule has 1 aliphatic rings. The first-order valence-electron chi connectivity index (χ1n) is 11.2. The summed E-state index contributed by atoms with van der Waals surface area (Å²) < 4.78 is 27.7. The highest BCUT2D eigenvalue weighted by atomic mass is 32.2. The van der Waals surface area contributed by atoms with Gasteiger partial charge in [0.2, 0.25) is 15.9 Å². The lowest BCUT2D eigenvalue weighted by Crippen LogP contribution is -2.49. The van der Waals surface area contributed by atoms with Crippen molar-refractivity contribution in [3.63, 3.8) is 0 Å². The number of carbonyl (C=O) groups is 1. The summed E-state index contributed by atoms with van der Waals surface area (Å²) in [6, 6.07) is 25.4. The largest absolute Gasteiger partial charge is 0.379 e. The molecule has 2 atom stereocenters. The van der Waals surface area contributed by atoms with E-state index in [4.69, 9.17) is 0 Å². The Morgan fingerprint density at radius 3 is 2.15 bits per heavy atom. The van der Waals surface area contributed by atoms with Crippen molar-refractivity contribution in [1.82, 2.24) is 4.31 Å². The highest BCUT2D eigenvalue weighted by Gasteiger charge is 2.37. The van der Waals surface area contributed by atoms with Gasteiger partial charge < -0.3 is 10.6 Å². The van der Waals surface area contributed by atoms with E-state index < -0.39 is 16.1 Å². The Balaban J connectivity index is 1.43. The van der Waals surface area contributed by atoms with Crippen molar-refractivity contribution in [1.29, 1.82) is 0 Å². The molecule has 0 bridgehead atoms. The minimum Gasteiger partial charge on any atom is -0.379 e. The van der Waals surface area contributed by atoms with Crippen molar-refractivity contribution >= 4 is 27.3 Å². The van der Waals surface area contributed by atoms with E-state index in [0.717, 1.165) is 18.5 Å². The first-order chi connectivity index (χ1) is 15.9. The number of benzene rings is 3. The van der Waals surface area contributed by atoms with E-state index in [2.05, 4.69) is 29.7 Å². The number of hydrogen-bond acceptors (Lipinski definition) is 4. The minimum atomic E-state index is -3.73. The van der Waals surface area contributed by atoms with Crippen LogP contribution in [-0.2, 0) is 14.8 Å². The Morgan fingerprint density at radius 1 is 0.879 bits per heavy atom. The number of rotatable bonds is 7. The number of carbonyl (C=O) groups excluding carboxylic acids is 1. The average molecular weight is 464 g/mol. The van der Waals surface area contributed by atoms with E-state index in [9.17, 15) is 13.2 Å². The minimum absolute atomic E-state index is 0.144. The fourth-order valence-electron chi connectivity index (χ4n) is 4.13. The van der Waals surface area contributed by atoms with Crippen LogP contribution in [0.5, 0.6) is 0 Å². The molecule has 172 valence electrons. The van der Waals surface area contributed by atoms with Crippen molar-refractivity contribution < 1.29 is 13.2 Å². The predicted octanol–water partition coefficient (Wildman–Crippen LogP) is 5.04. The molecular formula is C26H29N3O3S. The number of anilines is 2. The van der Waals surface area contributed by atoms with Crippen LogP contribution in [-0.4, -0.2) is 31.2 Å². The summed E-state index contributed by atoms with van der Waals surface area (Å²) in [7, 11) is -3.73. The molecule has 33 heavy (non-hydrogen) atoms. The van der Waals surface area contributed by atoms with E-state index in [0.29, 0.717) is 18.7 Å². The number of nitrogens with zero attached hydrogens (tertiary/aromatic N) is 1. The molecule has 0 radical (unpaired) electrons. The van der Waals surface area contributed by atoms with Crippen LogP contribution in [0.3, 0.4) is 0 Å². The highest BCUT2D eigenvalue weighted by Crippen LogP contribution is 2.27. The Morgan fingerprint density at radius 2 is 1.48 bits per heavy atom. The van der Waals surface area contributed by atoms with Gasteiger partial charge in [0.1, 0.15) is 6.04 Å². The zero-order chi connectivity index (χ0) is 23.3. The van der Waals surface area contributed by atoms with Crippen LogP contribution in [0.25, 0.3) is 0 Å². The van der Waals surface area contributed by atoms with Gasteiger partial charge in [-0.25, -0.2) is 8.42 Å². The molecule has 1 saturated heterocycles. The molecule has 6 nitrogen and oxygen atoms in total. The second-order valence-corrected chi connectivity index (χ2v) is 10.2. The normalized spacial score (nSPS) is 17.8. The zero-order valence-electron chi connectivity index (χ0n) is 18.6. The van der Waals surface area contributed by atoms with E-state index >= 15 is 0 Å². The quantitative estimate of drug-likeness (QED) is 0.514.